The highest BCUT2D eigenvalue weighted by Crippen LogP contribution is 2.15. The van der Waals surface area contributed by atoms with E-state index in [2.05, 4.69) is 4.99 Å². The van der Waals surface area contributed by atoms with E-state index in [0.717, 1.165) is 0 Å². The summed E-state index contributed by atoms with van der Waals surface area (Å²) in [7, 11) is 0. The SMILES string of the molecule is CC1=NC(=Cc2ccc(F)cc2)C(=O)O1. The second-order valence-electron chi connectivity index (χ2n) is 3.10. The number of ether oxygens (including phenoxy) is 1. The van der Waals surface area contributed by atoms with Crippen LogP contribution in [0.15, 0.2) is 35.0 Å². The number of esters is 1. The van der Waals surface area contributed by atoms with E-state index in [0.29, 0.717) is 11.5 Å². The molecule has 1 aromatic rings. The first-order valence-electron chi connectivity index (χ1n) is 4.40. The minimum Gasteiger partial charge on any atom is -0.407 e. The molecular weight excluding hydrogens is 197 g/mol. The van der Waals surface area contributed by atoms with E-state index in [-0.39, 0.29) is 11.5 Å². The van der Waals surface area contributed by atoms with Crippen molar-refractivity contribution < 1.29 is 13.9 Å². The Kier molecular flexibility index (Phi) is 2.33. The number of carbonyl (C=O) groups is 1. The summed E-state index contributed by atoms with van der Waals surface area (Å²) in [4.78, 5) is 15.1. The topological polar surface area (TPSA) is 38.7 Å². The lowest BCUT2D eigenvalue weighted by atomic mass is 10.2. The Bertz CT molecular complexity index is 460. The molecule has 2 rings (SSSR count). The van der Waals surface area contributed by atoms with Crippen LogP contribution in [0.4, 0.5) is 4.39 Å². The van der Waals surface area contributed by atoms with Crippen molar-refractivity contribution in [1.82, 2.24) is 0 Å². The van der Waals surface area contributed by atoms with Crippen LogP contribution in [0.5, 0.6) is 0 Å². The molecule has 0 aromatic heterocycles. The predicted molar refractivity (Wildman–Crippen MR) is 53.6 cm³/mol. The number of cyclic esters (lactones) is 1. The highest BCUT2D eigenvalue weighted by Gasteiger charge is 2.19. The van der Waals surface area contributed by atoms with Gasteiger partial charge in [-0.2, -0.15) is 0 Å². The van der Waals surface area contributed by atoms with Crippen molar-refractivity contribution in [3.8, 4) is 0 Å². The smallest absolute Gasteiger partial charge is 0.363 e. The molecule has 1 aromatic carbocycles. The standard InChI is InChI=1S/C11H8FNO2/c1-7-13-10(11(14)15-7)6-8-2-4-9(12)5-3-8/h2-6H,1H3. The Morgan fingerprint density at radius 2 is 2.00 bits per heavy atom. The molecule has 0 spiro atoms. The van der Waals surface area contributed by atoms with Crippen molar-refractivity contribution in [2.45, 2.75) is 6.92 Å². The largest absolute Gasteiger partial charge is 0.407 e. The second kappa shape index (κ2) is 3.65. The van der Waals surface area contributed by atoms with E-state index in [9.17, 15) is 9.18 Å². The van der Waals surface area contributed by atoms with Crippen LogP contribution >= 0.6 is 0 Å². The molecule has 0 saturated carbocycles. The van der Waals surface area contributed by atoms with E-state index in [1.165, 1.54) is 12.1 Å². The molecule has 0 fully saturated rings. The fourth-order valence-electron chi connectivity index (χ4n) is 1.23. The molecule has 1 aliphatic heterocycles. The summed E-state index contributed by atoms with van der Waals surface area (Å²) >= 11 is 0. The zero-order valence-electron chi connectivity index (χ0n) is 8.03. The van der Waals surface area contributed by atoms with E-state index >= 15 is 0 Å². The number of halogens is 1. The number of nitrogens with zero attached hydrogens (tertiary/aromatic N) is 1. The maximum atomic E-state index is 12.6. The van der Waals surface area contributed by atoms with Crippen molar-refractivity contribution in [2.75, 3.05) is 0 Å². The number of hydrogen-bond donors (Lipinski definition) is 0. The van der Waals surface area contributed by atoms with Gasteiger partial charge in [0, 0.05) is 6.92 Å². The monoisotopic (exact) mass is 205 g/mol. The Labute approximate surface area is 85.9 Å². The van der Waals surface area contributed by atoms with Crippen LogP contribution in [0.3, 0.4) is 0 Å². The number of benzene rings is 1. The maximum absolute atomic E-state index is 12.6. The van der Waals surface area contributed by atoms with Gasteiger partial charge in [0.2, 0.25) is 0 Å². The predicted octanol–water partition coefficient (Wildman–Crippen LogP) is 2.14. The molecule has 0 unspecified atom stereocenters. The highest BCUT2D eigenvalue weighted by molar-refractivity contribution is 6.06. The van der Waals surface area contributed by atoms with Crippen LogP contribution in [0.1, 0.15) is 12.5 Å². The first-order chi connectivity index (χ1) is 7.15. The molecule has 3 nitrogen and oxygen atoms in total. The maximum Gasteiger partial charge on any atom is 0.363 e. The third kappa shape index (κ3) is 2.10. The van der Waals surface area contributed by atoms with Crippen LogP contribution in [-0.4, -0.2) is 11.9 Å². The molecule has 0 N–H and O–H groups in total. The van der Waals surface area contributed by atoms with Gasteiger partial charge in [0.25, 0.3) is 0 Å². The van der Waals surface area contributed by atoms with Crippen LogP contribution in [0, 0.1) is 5.82 Å². The Balaban J connectivity index is 2.31. The first kappa shape index (κ1) is 9.58. The zero-order valence-corrected chi connectivity index (χ0v) is 8.03. The summed E-state index contributed by atoms with van der Waals surface area (Å²) in [6.45, 7) is 1.60. The number of aliphatic imine (C=N–C) groups is 1. The van der Waals surface area contributed by atoms with Crippen LogP contribution in [-0.2, 0) is 9.53 Å². The van der Waals surface area contributed by atoms with Crippen molar-refractivity contribution >= 4 is 17.9 Å². The van der Waals surface area contributed by atoms with Crippen LogP contribution in [0.2, 0.25) is 0 Å². The van der Waals surface area contributed by atoms with Crippen LogP contribution < -0.4 is 0 Å². The summed E-state index contributed by atoms with van der Waals surface area (Å²) in [5, 5.41) is 0. The van der Waals surface area contributed by atoms with Gasteiger partial charge in [0.1, 0.15) is 5.82 Å². The minimum atomic E-state index is -0.475. The van der Waals surface area contributed by atoms with Gasteiger partial charge < -0.3 is 4.74 Å². The molecule has 76 valence electrons. The third-order valence-corrected chi connectivity index (χ3v) is 1.90. The molecule has 0 saturated heterocycles. The van der Waals surface area contributed by atoms with Crippen molar-refractivity contribution in [3.63, 3.8) is 0 Å². The van der Waals surface area contributed by atoms with E-state index < -0.39 is 5.97 Å². The van der Waals surface area contributed by atoms with Gasteiger partial charge in [-0.25, -0.2) is 14.2 Å². The van der Waals surface area contributed by atoms with Crippen LogP contribution in [0.25, 0.3) is 6.08 Å². The highest BCUT2D eigenvalue weighted by atomic mass is 19.1. The molecule has 0 bridgehead atoms. The lowest BCUT2D eigenvalue weighted by Crippen LogP contribution is -1.99. The molecule has 4 heteroatoms. The van der Waals surface area contributed by atoms with Gasteiger partial charge in [0.05, 0.1) is 0 Å². The van der Waals surface area contributed by atoms with Gasteiger partial charge in [-0.3, -0.25) is 0 Å². The lowest BCUT2D eigenvalue weighted by Gasteiger charge is -1.93. The normalized spacial score (nSPS) is 17.9. The average Bonchev–Trinajstić information content (AvgIpc) is 2.49. The first-order valence-corrected chi connectivity index (χ1v) is 4.40. The van der Waals surface area contributed by atoms with E-state index in [4.69, 9.17) is 4.74 Å². The second-order valence-corrected chi connectivity index (χ2v) is 3.10. The number of rotatable bonds is 1. The van der Waals surface area contributed by atoms with Crippen molar-refractivity contribution in [3.05, 3.63) is 41.3 Å². The fraction of sp³-hybridized carbons (Fsp3) is 0.0909. The number of hydrogen-bond acceptors (Lipinski definition) is 3. The van der Waals surface area contributed by atoms with Gasteiger partial charge in [-0.15, -0.1) is 0 Å². The number of carbonyl (C=O) groups excluding carboxylic acids is 1. The van der Waals surface area contributed by atoms with Crippen molar-refractivity contribution in [1.29, 1.82) is 0 Å². The molecule has 15 heavy (non-hydrogen) atoms. The minimum absolute atomic E-state index is 0.235. The molecular formula is C11H8FNO2. The van der Waals surface area contributed by atoms with Gasteiger partial charge in [-0.1, -0.05) is 12.1 Å². The lowest BCUT2D eigenvalue weighted by molar-refractivity contribution is -0.130. The molecule has 1 aliphatic rings. The fourth-order valence-corrected chi connectivity index (χ4v) is 1.23. The van der Waals surface area contributed by atoms with E-state index in [1.54, 1.807) is 25.1 Å². The molecule has 0 aliphatic carbocycles. The molecule has 1 heterocycles. The Morgan fingerprint density at radius 3 is 2.53 bits per heavy atom. The summed E-state index contributed by atoms with van der Waals surface area (Å²) in [6.07, 6.45) is 1.55. The Hall–Kier alpha value is -1.97. The third-order valence-electron chi connectivity index (χ3n) is 1.90. The van der Waals surface area contributed by atoms with Crippen molar-refractivity contribution in [2.24, 2.45) is 4.99 Å². The van der Waals surface area contributed by atoms with Gasteiger partial charge in [0.15, 0.2) is 11.6 Å². The molecule has 0 radical (unpaired) electrons. The van der Waals surface area contributed by atoms with Gasteiger partial charge >= 0.3 is 5.97 Å². The summed E-state index contributed by atoms with van der Waals surface area (Å²) in [6, 6.07) is 5.78. The van der Waals surface area contributed by atoms with Gasteiger partial charge in [-0.05, 0) is 23.8 Å². The average molecular weight is 205 g/mol. The molecule has 0 atom stereocenters. The quantitative estimate of drug-likeness (QED) is 0.520. The summed E-state index contributed by atoms with van der Waals surface area (Å²) in [5.74, 6) is -0.462. The zero-order chi connectivity index (χ0) is 10.8. The molecule has 0 amide bonds. The Morgan fingerprint density at radius 1 is 1.33 bits per heavy atom. The summed E-state index contributed by atoms with van der Waals surface area (Å²) < 4.78 is 17.3. The summed E-state index contributed by atoms with van der Waals surface area (Å²) in [5.41, 5.74) is 0.945. The van der Waals surface area contributed by atoms with E-state index in [1.807, 2.05) is 0 Å².